The molecule has 1 unspecified atom stereocenters. The number of amides is 1. The first-order chi connectivity index (χ1) is 14.6. The summed E-state index contributed by atoms with van der Waals surface area (Å²) in [6, 6.07) is 21.9. The maximum Gasteiger partial charge on any atom is 0.233 e. The van der Waals surface area contributed by atoms with Gasteiger partial charge in [-0.15, -0.1) is 0 Å². The van der Waals surface area contributed by atoms with E-state index in [9.17, 15) is 9.18 Å². The van der Waals surface area contributed by atoms with E-state index in [1.54, 1.807) is 19.2 Å². The maximum atomic E-state index is 13.4. The van der Waals surface area contributed by atoms with Crippen LogP contribution in [0.2, 0.25) is 0 Å². The molecule has 0 heterocycles. The van der Waals surface area contributed by atoms with E-state index in [1.165, 1.54) is 23.3 Å². The highest BCUT2D eigenvalue weighted by Gasteiger charge is 2.15. The molecule has 0 radical (unpaired) electrons. The standard InChI is InChI=1S/C25H27FN2O2/c1-18-5-3-4-6-19(18)15-16-27-24(29)17-28-25(20-7-11-22(26)12-8-20)21-9-13-23(30-2)14-10-21/h3-14,25,28H,15-17H2,1-2H3,(H,27,29). The zero-order valence-corrected chi connectivity index (χ0v) is 17.3. The van der Waals surface area contributed by atoms with Crippen LogP contribution in [-0.4, -0.2) is 26.1 Å². The monoisotopic (exact) mass is 406 g/mol. The van der Waals surface area contributed by atoms with E-state index in [0.29, 0.717) is 6.54 Å². The Morgan fingerprint density at radius 1 is 0.967 bits per heavy atom. The summed E-state index contributed by atoms with van der Waals surface area (Å²) in [5, 5.41) is 6.26. The van der Waals surface area contributed by atoms with Crippen LogP contribution in [0.25, 0.3) is 0 Å². The fourth-order valence-corrected chi connectivity index (χ4v) is 3.36. The van der Waals surface area contributed by atoms with Gasteiger partial charge in [-0.3, -0.25) is 10.1 Å². The van der Waals surface area contributed by atoms with Crippen molar-refractivity contribution in [1.82, 2.24) is 10.6 Å². The Balaban J connectivity index is 1.61. The van der Waals surface area contributed by atoms with Crippen molar-refractivity contribution in [2.75, 3.05) is 20.2 Å². The van der Waals surface area contributed by atoms with Gasteiger partial charge < -0.3 is 10.1 Å². The minimum absolute atomic E-state index is 0.0794. The molecule has 0 fully saturated rings. The molecule has 1 atom stereocenters. The lowest BCUT2D eigenvalue weighted by Gasteiger charge is -2.20. The molecule has 3 aromatic rings. The molecule has 1 amide bonds. The molecule has 0 saturated heterocycles. The molecule has 0 bridgehead atoms. The molecule has 0 saturated carbocycles. The summed E-state index contributed by atoms with van der Waals surface area (Å²) in [6.07, 6.45) is 0.790. The van der Waals surface area contributed by atoms with Crippen molar-refractivity contribution in [2.45, 2.75) is 19.4 Å². The summed E-state index contributed by atoms with van der Waals surface area (Å²) < 4.78 is 18.6. The first-order valence-corrected chi connectivity index (χ1v) is 10.0. The van der Waals surface area contributed by atoms with Crippen molar-refractivity contribution < 1.29 is 13.9 Å². The number of hydrogen-bond donors (Lipinski definition) is 2. The summed E-state index contributed by atoms with van der Waals surface area (Å²) in [7, 11) is 1.62. The second-order valence-electron chi connectivity index (χ2n) is 7.17. The van der Waals surface area contributed by atoms with Gasteiger partial charge in [0.15, 0.2) is 0 Å². The van der Waals surface area contributed by atoms with Crippen molar-refractivity contribution >= 4 is 5.91 Å². The predicted octanol–water partition coefficient (Wildman–Crippen LogP) is 4.18. The Bertz CT molecular complexity index is 956. The largest absolute Gasteiger partial charge is 0.497 e. The zero-order valence-electron chi connectivity index (χ0n) is 17.3. The number of halogens is 1. The molecule has 3 rings (SSSR count). The van der Waals surface area contributed by atoms with Crippen LogP contribution in [0.1, 0.15) is 28.3 Å². The van der Waals surface area contributed by atoms with Crippen LogP contribution in [0.15, 0.2) is 72.8 Å². The van der Waals surface area contributed by atoms with Crippen LogP contribution in [-0.2, 0) is 11.2 Å². The molecule has 0 aliphatic heterocycles. The first-order valence-electron chi connectivity index (χ1n) is 10.0. The van der Waals surface area contributed by atoms with Crippen molar-refractivity contribution in [3.05, 3.63) is 101 Å². The van der Waals surface area contributed by atoms with E-state index >= 15 is 0 Å². The minimum Gasteiger partial charge on any atom is -0.497 e. The molecule has 5 heteroatoms. The van der Waals surface area contributed by atoms with E-state index in [4.69, 9.17) is 4.74 Å². The van der Waals surface area contributed by atoms with Gasteiger partial charge in [-0.2, -0.15) is 0 Å². The number of nitrogens with one attached hydrogen (secondary N) is 2. The molecule has 156 valence electrons. The summed E-state index contributed by atoms with van der Waals surface area (Å²) in [4.78, 5) is 12.4. The fraction of sp³-hybridized carbons (Fsp3) is 0.240. The molecule has 0 spiro atoms. The average molecular weight is 407 g/mol. The Kier molecular flexibility index (Phi) is 7.57. The molecule has 4 nitrogen and oxygen atoms in total. The molecule has 0 aromatic heterocycles. The van der Waals surface area contributed by atoms with E-state index in [-0.39, 0.29) is 24.3 Å². The van der Waals surface area contributed by atoms with E-state index in [0.717, 1.165) is 23.3 Å². The SMILES string of the molecule is COc1ccc(C(NCC(=O)NCCc2ccccc2C)c2ccc(F)cc2)cc1. The van der Waals surface area contributed by atoms with Gasteiger partial charge in [-0.05, 0) is 59.9 Å². The van der Waals surface area contributed by atoms with E-state index in [2.05, 4.69) is 29.7 Å². The topological polar surface area (TPSA) is 50.4 Å². The molecular formula is C25H27FN2O2. The molecule has 0 aliphatic rings. The van der Waals surface area contributed by atoms with Crippen LogP contribution in [0.4, 0.5) is 4.39 Å². The normalized spacial score (nSPS) is 11.7. The molecule has 2 N–H and O–H groups in total. The number of carbonyl (C=O) groups excluding carboxylic acids is 1. The third-order valence-corrected chi connectivity index (χ3v) is 5.10. The summed E-state index contributed by atoms with van der Waals surface area (Å²) in [5.74, 6) is 0.385. The Hall–Kier alpha value is -3.18. The van der Waals surface area contributed by atoms with Crippen LogP contribution >= 0.6 is 0 Å². The molecular weight excluding hydrogens is 379 g/mol. The predicted molar refractivity (Wildman–Crippen MR) is 117 cm³/mol. The number of ether oxygens (including phenoxy) is 1. The van der Waals surface area contributed by atoms with Crippen LogP contribution in [0.3, 0.4) is 0 Å². The third kappa shape index (κ3) is 5.91. The quantitative estimate of drug-likeness (QED) is 0.561. The van der Waals surface area contributed by atoms with Gasteiger partial charge in [-0.25, -0.2) is 4.39 Å². The van der Waals surface area contributed by atoms with E-state index in [1.807, 2.05) is 36.4 Å². The van der Waals surface area contributed by atoms with Crippen LogP contribution in [0.5, 0.6) is 5.75 Å². The van der Waals surface area contributed by atoms with Gasteiger partial charge in [0.05, 0.1) is 19.7 Å². The number of carbonyl (C=O) groups is 1. The van der Waals surface area contributed by atoms with Gasteiger partial charge in [0, 0.05) is 6.54 Å². The van der Waals surface area contributed by atoms with Crippen molar-refractivity contribution in [3.63, 3.8) is 0 Å². The van der Waals surface area contributed by atoms with Gasteiger partial charge in [-0.1, -0.05) is 48.5 Å². The maximum absolute atomic E-state index is 13.4. The third-order valence-electron chi connectivity index (χ3n) is 5.10. The fourth-order valence-electron chi connectivity index (χ4n) is 3.36. The second-order valence-corrected chi connectivity index (χ2v) is 7.17. The number of aryl methyl sites for hydroxylation is 1. The molecule has 3 aromatic carbocycles. The lowest BCUT2D eigenvalue weighted by Crippen LogP contribution is -2.37. The minimum atomic E-state index is -0.291. The van der Waals surface area contributed by atoms with Crippen molar-refractivity contribution in [2.24, 2.45) is 0 Å². The lowest BCUT2D eigenvalue weighted by molar-refractivity contribution is -0.120. The van der Waals surface area contributed by atoms with Crippen LogP contribution < -0.4 is 15.4 Å². The number of benzene rings is 3. The Morgan fingerprint density at radius 2 is 1.60 bits per heavy atom. The highest BCUT2D eigenvalue weighted by Crippen LogP contribution is 2.24. The van der Waals surface area contributed by atoms with Crippen LogP contribution in [0, 0.1) is 12.7 Å². The van der Waals surface area contributed by atoms with Gasteiger partial charge in [0.25, 0.3) is 0 Å². The summed E-state index contributed by atoms with van der Waals surface area (Å²) in [5.41, 5.74) is 4.30. The average Bonchev–Trinajstić information content (AvgIpc) is 2.77. The van der Waals surface area contributed by atoms with E-state index < -0.39 is 0 Å². The number of rotatable bonds is 9. The summed E-state index contributed by atoms with van der Waals surface area (Å²) in [6.45, 7) is 2.80. The van der Waals surface area contributed by atoms with Crippen molar-refractivity contribution in [1.29, 1.82) is 0 Å². The molecule has 30 heavy (non-hydrogen) atoms. The van der Waals surface area contributed by atoms with Crippen molar-refractivity contribution in [3.8, 4) is 5.75 Å². The highest BCUT2D eigenvalue weighted by atomic mass is 19.1. The Morgan fingerprint density at radius 3 is 2.23 bits per heavy atom. The smallest absolute Gasteiger partial charge is 0.233 e. The lowest BCUT2D eigenvalue weighted by atomic mass is 9.98. The highest BCUT2D eigenvalue weighted by molar-refractivity contribution is 5.78. The Labute approximate surface area is 177 Å². The second kappa shape index (κ2) is 10.6. The number of hydrogen-bond acceptors (Lipinski definition) is 3. The first kappa shape index (κ1) is 21.5. The van der Waals surface area contributed by atoms with Gasteiger partial charge >= 0.3 is 0 Å². The summed E-state index contributed by atoms with van der Waals surface area (Å²) >= 11 is 0. The van der Waals surface area contributed by atoms with Gasteiger partial charge in [0.2, 0.25) is 5.91 Å². The number of methoxy groups -OCH3 is 1. The zero-order chi connectivity index (χ0) is 21.3. The molecule has 0 aliphatic carbocycles. The van der Waals surface area contributed by atoms with Gasteiger partial charge in [0.1, 0.15) is 11.6 Å².